The van der Waals surface area contributed by atoms with Crippen LogP contribution in [0.3, 0.4) is 0 Å². The van der Waals surface area contributed by atoms with E-state index in [2.05, 4.69) is 6.26 Å². The molecule has 0 atom stereocenters. The number of thioether (sulfide) groups is 1. The van der Waals surface area contributed by atoms with Gasteiger partial charge in [-0.2, -0.15) is 11.8 Å². The summed E-state index contributed by atoms with van der Waals surface area (Å²) in [6, 6.07) is 11.0. The van der Waals surface area contributed by atoms with Crippen LogP contribution in [0.5, 0.6) is 11.5 Å². The fourth-order valence-electron chi connectivity index (χ4n) is 2.29. The number of fused-ring (bicyclic) bond motifs is 1. The maximum atomic E-state index is 9.86. The standard InChI is InChI=1S/C19H26O5S/c1-25-15-14-23-11-10-21-8-9-22-12-13-24-19-7-3-4-16-17(19)5-2-6-18(16)20/h2-7,20H,8-15H2,1H3. The van der Waals surface area contributed by atoms with E-state index in [1.807, 2.05) is 30.3 Å². The van der Waals surface area contributed by atoms with Gasteiger partial charge in [0.1, 0.15) is 18.1 Å². The largest absolute Gasteiger partial charge is 0.507 e. The summed E-state index contributed by atoms with van der Waals surface area (Å²) in [5.41, 5.74) is 0. The third-order valence-electron chi connectivity index (χ3n) is 3.52. The van der Waals surface area contributed by atoms with Crippen molar-refractivity contribution in [2.75, 3.05) is 58.3 Å². The maximum Gasteiger partial charge on any atom is 0.127 e. The number of phenolic OH excluding ortho intramolecular Hbond substituents is 1. The molecule has 2 aromatic carbocycles. The first-order valence-electron chi connectivity index (χ1n) is 8.38. The predicted molar refractivity (Wildman–Crippen MR) is 102 cm³/mol. The molecule has 2 aromatic rings. The molecule has 0 aliphatic carbocycles. The van der Waals surface area contributed by atoms with Gasteiger partial charge in [0.2, 0.25) is 0 Å². The highest BCUT2D eigenvalue weighted by Crippen LogP contribution is 2.31. The third-order valence-corrected chi connectivity index (χ3v) is 4.10. The second-order valence-corrected chi connectivity index (χ2v) is 6.29. The highest BCUT2D eigenvalue weighted by Gasteiger charge is 2.04. The van der Waals surface area contributed by atoms with Crippen molar-refractivity contribution < 1.29 is 24.1 Å². The Kier molecular flexibility index (Phi) is 9.51. The molecule has 6 heteroatoms. The minimum Gasteiger partial charge on any atom is -0.507 e. The molecule has 0 aliphatic heterocycles. The van der Waals surface area contributed by atoms with Gasteiger partial charge < -0.3 is 24.1 Å². The summed E-state index contributed by atoms with van der Waals surface area (Å²) in [4.78, 5) is 0. The Labute approximate surface area is 153 Å². The molecule has 0 aliphatic rings. The lowest BCUT2D eigenvalue weighted by Crippen LogP contribution is -2.13. The Morgan fingerprint density at radius 2 is 1.36 bits per heavy atom. The molecule has 0 saturated heterocycles. The highest BCUT2D eigenvalue weighted by atomic mass is 32.2. The fraction of sp³-hybridized carbons (Fsp3) is 0.474. The summed E-state index contributed by atoms with van der Waals surface area (Å²) in [6.45, 7) is 4.00. The molecule has 0 amide bonds. The molecule has 0 heterocycles. The summed E-state index contributed by atoms with van der Waals surface area (Å²) >= 11 is 1.77. The molecule has 2 rings (SSSR count). The first-order chi connectivity index (χ1) is 12.3. The van der Waals surface area contributed by atoms with E-state index in [1.165, 1.54) is 0 Å². The van der Waals surface area contributed by atoms with Crippen LogP contribution in [0.15, 0.2) is 36.4 Å². The van der Waals surface area contributed by atoms with Crippen LogP contribution < -0.4 is 4.74 Å². The van der Waals surface area contributed by atoms with E-state index >= 15 is 0 Å². The van der Waals surface area contributed by atoms with Crippen molar-refractivity contribution in [3.63, 3.8) is 0 Å². The summed E-state index contributed by atoms with van der Waals surface area (Å²) in [5, 5.41) is 11.5. The van der Waals surface area contributed by atoms with Crippen molar-refractivity contribution in [2.45, 2.75) is 0 Å². The quantitative estimate of drug-likeness (QED) is 0.549. The summed E-state index contributed by atoms with van der Waals surface area (Å²) in [5.74, 6) is 2.02. The molecule has 0 spiro atoms. The molecule has 0 unspecified atom stereocenters. The first-order valence-corrected chi connectivity index (χ1v) is 9.78. The normalized spacial score (nSPS) is 11.1. The van der Waals surface area contributed by atoms with Gasteiger partial charge >= 0.3 is 0 Å². The van der Waals surface area contributed by atoms with E-state index in [0.717, 1.165) is 28.9 Å². The van der Waals surface area contributed by atoms with Gasteiger partial charge in [-0.3, -0.25) is 0 Å². The lowest BCUT2D eigenvalue weighted by atomic mass is 10.1. The zero-order chi connectivity index (χ0) is 17.7. The Morgan fingerprint density at radius 3 is 2.08 bits per heavy atom. The van der Waals surface area contributed by atoms with Crippen molar-refractivity contribution in [3.8, 4) is 11.5 Å². The van der Waals surface area contributed by atoms with E-state index in [9.17, 15) is 5.11 Å². The van der Waals surface area contributed by atoms with Crippen LogP contribution in [-0.4, -0.2) is 63.4 Å². The molecule has 1 N–H and O–H groups in total. The number of hydrogen-bond acceptors (Lipinski definition) is 6. The SMILES string of the molecule is CSCCOCCOCCOCCOc1cccc2c(O)cccc12. The Morgan fingerprint density at radius 1 is 0.760 bits per heavy atom. The number of phenols is 1. The van der Waals surface area contributed by atoms with Crippen LogP contribution in [0.2, 0.25) is 0 Å². The monoisotopic (exact) mass is 366 g/mol. The molecule has 5 nitrogen and oxygen atoms in total. The highest BCUT2D eigenvalue weighted by molar-refractivity contribution is 7.98. The number of rotatable bonds is 13. The van der Waals surface area contributed by atoms with E-state index in [0.29, 0.717) is 39.6 Å². The van der Waals surface area contributed by atoms with Gasteiger partial charge in [0.15, 0.2) is 0 Å². The van der Waals surface area contributed by atoms with Gasteiger partial charge in [0.05, 0.1) is 39.6 Å². The van der Waals surface area contributed by atoms with Gasteiger partial charge in [-0.15, -0.1) is 0 Å². The zero-order valence-electron chi connectivity index (χ0n) is 14.6. The van der Waals surface area contributed by atoms with Crippen molar-refractivity contribution in [1.29, 1.82) is 0 Å². The van der Waals surface area contributed by atoms with E-state index in [1.54, 1.807) is 17.8 Å². The lowest BCUT2D eigenvalue weighted by molar-refractivity contribution is 0.0119. The van der Waals surface area contributed by atoms with E-state index in [4.69, 9.17) is 18.9 Å². The molecular weight excluding hydrogens is 340 g/mol. The third kappa shape index (κ3) is 7.12. The van der Waals surface area contributed by atoms with Gasteiger partial charge in [-0.05, 0) is 18.4 Å². The lowest BCUT2D eigenvalue weighted by Gasteiger charge is -2.10. The number of ether oxygens (including phenoxy) is 4. The zero-order valence-corrected chi connectivity index (χ0v) is 15.4. The van der Waals surface area contributed by atoms with Gasteiger partial charge in [0, 0.05) is 16.5 Å². The van der Waals surface area contributed by atoms with Crippen LogP contribution >= 0.6 is 11.8 Å². The summed E-state index contributed by atoms with van der Waals surface area (Å²) in [6.07, 6.45) is 2.06. The molecule has 0 bridgehead atoms. The van der Waals surface area contributed by atoms with Crippen molar-refractivity contribution >= 4 is 22.5 Å². The maximum absolute atomic E-state index is 9.86. The molecule has 0 aromatic heterocycles. The topological polar surface area (TPSA) is 57.2 Å². The number of aromatic hydroxyl groups is 1. The van der Waals surface area contributed by atoms with Crippen molar-refractivity contribution in [3.05, 3.63) is 36.4 Å². The molecule has 0 radical (unpaired) electrons. The average molecular weight is 366 g/mol. The van der Waals surface area contributed by atoms with Crippen LogP contribution in [0.4, 0.5) is 0 Å². The Hall–Kier alpha value is -1.47. The predicted octanol–water partition coefficient (Wildman–Crippen LogP) is 3.34. The van der Waals surface area contributed by atoms with E-state index in [-0.39, 0.29) is 5.75 Å². The van der Waals surface area contributed by atoms with Crippen molar-refractivity contribution in [2.24, 2.45) is 0 Å². The van der Waals surface area contributed by atoms with Gasteiger partial charge in [-0.1, -0.05) is 24.3 Å². The molecule has 25 heavy (non-hydrogen) atoms. The Balaban J connectivity index is 1.55. The molecular formula is C19H26O5S. The minimum absolute atomic E-state index is 0.258. The molecule has 0 fully saturated rings. The van der Waals surface area contributed by atoms with Crippen LogP contribution in [0.25, 0.3) is 10.8 Å². The number of hydrogen-bond donors (Lipinski definition) is 1. The second-order valence-electron chi connectivity index (χ2n) is 5.31. The van der Waals surface area contributed by atoms with Crippen LogP contribution in [-0.2, 0) is 14.2 Å². The summed E-state index contributed by atoms with van der Waals surface area (Å²) < 4.78 is 22.1. The summed E-state index contributed by atoms with van der Waals surface area (Å²) in [7, 11) is 0. The first kappa shape index (κ1) is 19.8. The smallest absolute Gasteiger partial charge is 0.127 e. The molecule has 138 valence electrons. The molecule has 0 saturated carbocycles. The minimum atomic E-state index is 0.258. The van der Waals surface area contributed by atoms with E-state index < -0.39 is 0 Å². The fourth-order valence-corrected chi connectivity index (χ4v) is 2.57. The van der Waals surface area contributed by atoms with Crippen LogP contribution in [0, 0.1) is 0 Å². The average Bonchev–Trinajstić information content (AvgIpc) is 2.63. The van der Waals surface area contributed by atoms with Gasteiger partial charge in [-0.25, -0.2) is 0 Å². The number of benzene rings is 2. The van der Waals surface area contributed by atoms with Crippen LogP contribution in [0.1, 0.15) is 0 Å². The second kappa shape index (κ2) is 12.0. The van der Waals surface area contributed by atoms with Crippen molar-refractivity contribution in [1.82, 2.24) is 0 Å². The Bertz CT molecular complexity index is 620. The van der Waals surface area contributed by atoms with Gasteiger partial charge in [0.25, 0.3) is 0 Å².